The van der Waals surface area contributed by atoms with E-state index in [1.165, 1.54) is 0 Å². The Bertz CT molecular complexity index is 1600. The molecule has 0 fully saturated rings. The molecule has 0 aliphatic carbocycles. The van der Waals surface area contributed by atoms with Crippen molar-refractivity contribution in [3.8, 4) is 23.5 Å². The van der Waals surface area contributed by atoms with Crippen LogP contribution in [0.15, 0.2) is 66.7 Å². The van der Waals surface area contributed by atoms with Crippen LogP contribution in [0.5, 0.6) is 5.75 Å². The van der Waals surface area contributed by atoms with Gasteiger partial charge in [0.05, 0.1) is 18.1 Å². The number of nitrogens with one attached hydrogen (secondary N) is 1. The molecule has 2 heterocycles. The summed E-state index contributed by atoms with van der Waals surface area (Å²) in [6, 6.07) is 21.7. The molecule has 8 heteroatoms. The molecular weight excluding hydrogens is 464 g/mol. The summed E-state index contributed by atoms with van der Waals surface area (Å²) in [5.41, 5.74) is 10.5. The molecule has 0 saturated carbocycles. The number of aliphatic hydroxyl groups excluding tert-OH is 1. The van der Waals surface area contributed by atoms with Crippen molar-refractivity contribution in [2.45, 2.75) is 25.8 Å². The SMILES string of the molecule is COc1cc(C#CCCCCO)cc2c(NCc3ccccc3)nc(-n3c(N)nc4ccccc43)nc12. The van der Waals surface area contributed by atoms with Crippen LogP contribution in [0.2, 0.25) is 0 Å². The van der Waals surface area contributed by atoms with E-state index in [2.05, 4.69) is 34.3 Å². The molecule has 0 atom stereocenters. The van der Waals surface area contributed by atoms with Crippen LogP contribution in [0.3, 0.4) is 0 Å². The predicted octanol–water partition coefficient (Wildman–Crippen LogP) is 4.69. The Morgan fingerprint density at radius 1 is 1.00 bits per heavy atom. The number of anilines is 2. The van der Waals surface area contributed by atoms with E-state index in [9.17, 15) is 0 Å². The zero-order valence-electron chi connectivity index (χ0n) is 20.6. The van der Waals surface area contributed by atoms with Crippen LogP contribution < -0.4 is 15.8 Å². The topological polar surface area (TPSA) is 111 Å². The lowest BCUT2D eigenvalue weighted by atomic mass is 10.1. The van der Waals surface area contributed by atoms with Crippen molar-refractivity contribution >= 4 is 33.7 Å². The summed E-state index contributed by atoms with van der Waals surface area (Å²) in [7, 11) is 1.62. The minimum absolute atomic E-state index is 0.179. The number of nitrogens with zero attached hydrogens (tertiary/aromatic N) is 4. The lowest BCUT2D eigenvalue weighted by molar-refractivity contribution is 0.285. The number of imidazole rings is 1. The van der Waals surface area contributed by atoms with E-state index in [1.807, 2.05) is 54.6 Å². The molecule has 0 aliphatic rings. The average molecular weight is 493 g/mol. The summed E-state index contributed by atoms with van der Waals surface area (Å²) < 4.78 is 7.49. The van der Waals surface area contributed by atoms with Gasteiger partial charge in [-0.05, 0) is 42.7 Å². The molecular formula is C29H28N6O2. The van der Waals surface area contributed by atoms with E-state index in [1.54, 1.807) is 11.7 Å². The van der Waals surface area contributed by atoms with Gasteiger partial charge in [0.15, 0.2) is 0 Å². The molecule has 0 amide bonds. The molecule has 0 saturated heterocycles. The zero-order chi connectivity index (χ0) is 25.6. The van der Waals surface area contributed by atoms with Gasteiger partial charge >= 0.3 is 0 Å². The van der Waals surface area contributed by atoms with Gasteiger partial charge in [0.2, 0.25) is 11.9 Å². The number of para-hydroxylation sites is 2. The fraction of sp³-hybridized carbons (Fsp3) is 0.207. The fourth-order valence-corrected chi connectivity index (χ4v) is 4.18. The van der Waals surface area contributed by atoms with E-state index < -0.39 is 0 Å². The third-order valence-electron chi connectivity index (χ3n) is 6.01. The monoisotopic (exact) mass is 492 g/mol. The van der Waals surface area contributed by atoms with Crippen molar-refractivity contribution in [1.82, 2.24) is 19.5 Å². The number of nitrogen functional groups attached to an aromatic ring is 1. The minimum Gasteiger partial charge on any atom is -0.494 e. The Morgan fingerprint density at radius 2 is 1.81 bits per heavy atom. The first kappa shape index (κ1) is 24.1. The van der Waals surface area contributed by atoms with Crippen molar-refractivity contribution in [3.05, 3.63) is 77.9 Å². The maximum Gasteiger partial charge on any atom is 0.239 e. The second-order valence-electron chi connectivity index (χ2n) is 8.56. The number of aliphatic hydroxyl groups is 1. The predicted molar refractivity (Wildman–Crippen MR) is 147 cm³/mol. The quantitative estimate of drug-likeness (QED) is 0.213. The molecule has 4 N–H and O–H groups in total. The van der Waals surface area contributed by atoms with Crippen LogP contribution in [0.1, 0.15) is 30.4 Å². The number of unbranched alkanes of at least 4 members (excludes halogenated alkanes) is 2. The summed E-state index contributed by atoms with van der Waals surface area (Å²) >= 11 is 0. The number of hydrogen-bond acceptors (Lipinski definition) is 7. The number of methoxy groups -OCH3 is 1. The molecule has 0 spiro atoms. The van der Waals surface area contributed by atoms with Crippen molar-refractivity contribution in [3.63, 3.8) is 0 Å². The Balaban J connectivity index is 1.65. The smallest absolute Gasteiger partial charge is 0.239 e. The van der Waals surface area contributed by atoms with Gasteiger partial charge < -0.3 is 20.9 Å². The lowest BCUT2D eigenvalue weighted by Crippen LogP contribution is -2.10. The van der Waals surface area contributed by atoms with Crippen LogP contribution in [0, 0.1) is 11.8 Å². The van der Waals surface area contributed by atoms with Gasteiger partial charge in [0.1, 0.15) is 17.1 Å². The molecule has 3 aromatic carbocycles. The first-order valence-corrected chi connectivity index (χ1v) is 12.2. The molecule has 0 aliphatic heterocycles. The molecule has 8 nitrogen and oxygen atoms in total. The van der Waals surface area contributed by atoms with Crippen LogP contribution in [-0.4, -0.2) is 38.3 Å². The van der Waals surface area contributed by atoms with E-state index in [-0.39, 0.29) is 6.61 Å². The number of aromatic nitrogens is 4. The van der Waals surface area contributed by atoms with Gasteiger partial charge in [-0.25, -0.2) is 14.5 Å². The van der Waals surface area contributed by atoms with E-state index >= 15 is 0 Å². The van der Waals surface area contributed by atoms with Crippen molar-refractivity contribution in [1.29, 1.82) is 0 Å². The number of ether oxygens (including phenoxy) is 1. The highest BCUT2D eigenvalue weighted by Crippen LogP contribution is 2.32. The van der Waals surface area contributed by atoms with Gasteiger partial charge in [-0.1, -0.05) is 54.3 Å². The molecule has 5 rings (SSSR count). The Hall–Kier alpha value is -4.61. The molecule has 0 unspecified atom stereocenters. The van der Waals surface area contributed by atoms with Gasteiger partial charge in [-0.2, -0.15) is 4.98 Å². The van der Waals surface area contributed by atoms with E-state index in [0.717, 1.165) is 40.4 Å². The summed E-state index contributed by atoms with van der Waals surface area (Å²) in [5.74, 6) is 8.34. The Morgan fingerprint density at radius 3 is 2.62 bits per heavy atom. The first-order valence-electron chi connectivity index (χ1n) is 12.2. The summed E-state index contributed by atoms with van der Waals surface area (Å²) in [6.07, 6.45) is 2.30. The van der Waals surface area contributed by atoms with Gasteiger partial charge in [-0.15, -0.1) is 0 Å². The number of fused-ring (bicyclic) bond motifs is 2. The zero-order valence-corrected chi connectivity index (χ0v) is 20.6. The third kappa shape index (κ3) is 5.17. The molecule has 2 aromatic heterocycles. The Kier molecular flexibility index (Phi) is 7.15. The lowest BCUT2D eigenvalue weighted by Gasteiger charge is -2.14. The van der Waals surface area contributed by atoms with Crippen LogP contribution >= 0.6 is 0 Å². The summed E-state index contributed by atoms with van der Waals surface area (Å²) in [6.45, 7) is 0.754. The number of nitrogens with two attached hydrogens (primary N) is 1. The van der Waals surface area contributed by atoms with Crippen LogP contribution in [-0.2, 0) is 6.54 Å². The second-order valence-corrected chi connectivity index (χ2v) is 8.56. The molecule has 5 aromatic rings. The van der Waals surface area contributed by atoms with Gasteiger partial charge in [-0.3, -0.25) is 0 Å². The second kappa shape index (κ2) is 11.0. The maximum atomic E-state index is 9.00. The summed E-state index contributed by atoms with van der Waals surface area (Å²) in [5, 5.41) is 13.3. The number of hydrogen-bond donors (Lipinski definition) is 3. The maximum absolute atomic E-state index is 9.00. The third-order valence-corrected chi connectivity index (χ3v) is 6.01. The fourth-order valence-electron chi connectivity index (χ4n) is 4.18. The van der Waals surface area contributed by atoms with E-state index in [0.29, 0.717) is 41.9 Å². The normalized spacial score (nSPS) is 10.9. The minimum atomic E-state index is 0.179. The number of benzene rings is 3. The van der Waals surface area contributed by atoms with Crippen molar-refractivity contribution in [2.24, 2.45) is 0 Å². The highest BCUT2D eigenvalue weighted by molar-refractivity contribution is 5.95. The highest BCUT2D eigenvalue weighted by Gasteiger charge is 2.18. The van der Waals surface area contributed by atoms with Gasteiger partial charge in [0, 0.05) is 30.5 Å². The van der Waals surface area contributed by atoms with Gasteiger partial charge in [0.25, 0.3) is 0 Å². The van der Waals surface area contributed by atoms with Crippen molar-refractivity contribution < 1.29 is 9.84 Å². The van der Waals surface area contributed by atoms with Crippen LogP contribution in [0.4, 0.5) is 11.8 Å². The molecule has 0 radical (unpaired) electrons. The molecule has 37 heavy (non-hydrogen) atoms. The highest BCUT2D eigenvalue weighted by atomic mass is 16.5. The molecule has 0 bridgehead atoms. The Labute approximate surface area is 215 Å². The standard InChI is InChI=1S/C29H28N6O2/c1-37-25-18-21(13-5-2-3-10-16-36)17-22-26(25)33-29(34-27(22)31-19-20-11-6-4-7-12-20)35-24-15-9-8-14-23(24)32-28(35)30/h4,6-9,11-12,14-15,17-18,36H,2-3,10,16,19H2,1H3,(H2,30,32)(H,31,33,34). The number of rotatable bonds is 8. The first-order chi connectivity index (χ1) is 18.2. The summed E-state index contributed by atoms with van der Waals surface area (Å²) in [4.78, 5) is 14.2. The largest absolute Gasteiger partial charge is 0.494 e. The van der Waals surface area contributed by atoms with Crippen molar-refractivity contribution in [2.75, 3.05) is 24.8 Å². The molecule has 186 valence electrons. The van der Waals surface area contributed by atoms with Crippen LogP contribution in [0.25, 0.3) is 27.9 Å². The van der Waals surface area contributed by atoms with E-state index in [4.69, 9.17) is 25.5 Å². The average Bonchev–Trinajstić information content (AvgIpc) is 3.27.